The van der Waals surface area contributed by atoms with Crippen molar-refractivity contribution in [3.8, 4) is 5.75 Å². The van der Waals surface area contributed by atoms with Gasteiger partial charge in [0.15, 0.2) is 10.9 Å². The minimum Gasteiger partial charge on any atom is -0.478 e. The van der Waals surface area contributed by atoms with Gasteiger partial charge < -0.3 is 20.9 Å². The Morgan fingerprint density at radius 3 is 2.50 bits per heavy atom. The van der Waals surface area contributed by atoms with Gasteiger partial charge in [0.1, 0.15) is 0 Å². The molecule has 1 rings (SSSR count). The van der Waals surface area contributed by atoms with Gasteiger partial charge in [-0.1, -0.05) is 6.07 Å². The zero-order valence-corrected chi connectivity index (χ0v) is 9.43. The van der Waals surface area contributed by atoms with Crippen molar-refractivity contribution in [2.75, 3.05) is 5.32 Å². The lowest BCUT2D eigenvalue weighted by Gasteiger charge is -2.15. The first-order valence-corrected chi connectivity index (χ1v) is 4.80. The molecule has 0 aliphatic rings. The predicted molar refractivity (Wildman–Crippen MR) is 60.5 cm³/mol. The molecule has 0 amide bonds. The van der Waals surface area contributed by atoms with Gasteiger partial charge >= 0.3 is 12.3 Å². The number of anilines is 1. The first-order valence-electron chi connectivity index (χ1n) is 4.39. The Kier molecular flexibility index (Phi) is 3.96. The summed E-state index contributed by atoms with van der Waals surface area (Å²) in [5, 5.41) is 10.6. The zero-order chi connectivity index (χ0) is 13.9. The first kappa shape index (κ1) is 14.0. The smallest absolute Gasteiger partial charge is 0.478 e. The maximum absolute atomic E-state index is 12.1. The number of aromatic carboxylic acids is 1. The number of para-hydroxylation sites is 1. The molecule has 1 aromatic rings. The molecule has 0 aliphatic carbocycles. The highest BCUT2D eigenvalue weighted by Crippen LogP contribution is 2.33. The normalized spacial score (nSPS) is 10.8. The third kappa shape index (κ3) is 3.77. The van der Waals surface area contributed by atoms with Crippen molar-refractivity contribution in [2.24, 2.45) is 5.73 Å². The molecule has 0 aromatic heterocycles. The molecule has 0 atom stereocenters. The van der Waals surface area contributed by atoms with Crippen LogP contribution in [0.25, 0.3) is 0 Å². The third-order valence-electron chi connectivity index (χ3n) is 1.73. The van der Waals surface area contributed by atoms with E-state index >= 15 is 0 Å². The molecule has 98 valence electrons. The van der Waals surface area contributed by atoms with E-state index in [1.807, 2.05) is 0 Å². The molecule has 9 heteroatoms. The maximum Gasteiger partial charge on any atom is 0.573 e. The molecule has 1 aromatic carbocycles. The number of carboxylic acid groups (broad SMARTS) is 1. The number of halogens is 3. The van der Waals surface area contributed by atoms with Crippen molar-refractivity contribution in [3.63, 3.8) is 0 Å². The van der Waals surface area contributed by atoms with Gasteiger partial charge in [-0.05, 0) is 24.4 Å². The molecule has 0 aliphatic heterocycles. The van der Waals surface area contributed by atoms with Gasteiger partial charge in [0.05, 0.1) is 11.3 Å². The molecule has 0 heterocycles. The van der Waals surface area contributed by atoms with E-state index in [9.17, 15) is 18.0 Å². The minimum absolute atomic E-state index is 0.379. The van der Waals surface area contributed by atoms with E-state index in [-0.39, 0.29) is 5.11 Å². The molecular weight excluding hydrogens is 273 g/mol. The Bertz CT molecular complexity index is 490. The van der Waals surface area contributed by atoms with Crippen molar-refractivity contribution in [1.82, 2.24) is 0 Å². The number of alkyl halides is 3. The Labute approximate surface area is 104 Å². The van der Waals surface area contributed by atoms with Gasteiger partial charge in [0.25, 0.3) is 0 Å². The molecule has 0 fully saturated rings. The lowest BCUT2D eigenvalue weighted by Crippen LogP contribution is -2.23. The number of hydrogen-bond donors (Lipinski definition) is 3. The highest BCUT2D eigenvalue weighted by atomic mass is 32.1. The van der Waals surface area contributed by atoms with Crippen LogP contribution >= 0.6 is 12.2 Å². The third-order valence-corrected chi connectivity index (χ3v) is 1.83. The van der Waals surface area contributed by atoms with Crippen LogP contribution in [0.15, 0.2) is 18.2 Å². The second-order valence-electron chi connectivity index (χ2n) is 3.02. The van der Waals surface area contributed by atoms with Gasteiger partial charge in [-0.2, -0.15) is 0 Å². The molecular formula is C9H7F3N2O3S. The Balaban J connectivity index is 3.28. The zero-order valence-electron chi connectivity index (χ0n) is 8.62. The lowest BCUT2D eigenvalue weighted by molar-refractivity contribution is -0.274. The first-order chi connectivity index (χ1) is 8.20. The van der Waals surface area contributed by atoms with Gasteiger partial charge in [0.2, 0.25) is 0 Å². The highest BCUT2D eigenvalue weighted by molar-refractivity contribution is 7.80. The fraction of sp³-hybridized carbons (Fsp3) is 0.111. The number of ether oxygens (including phenoxy) is 1. The second-order valence-corrected chi connectivity index (χ2v) is 3.46. The highest BCUT2D eigenvalue weighted by Gasteiger charge is 2.33. The van der Waals surface area contributed by atoms with Crippen LogP contribution in [0.1, 0.15) is 10.4 Å². The molecule has 0 spiro atoms. The number of hydrogen-bond acceptors (Lipinski definition) is 3. The summed E-state index contributed by atoms with van der Waals surface area (Å²) < 4.78 is 40.1. The fourth-order valence-corrected chi connectivity index (χ4v) is 1.27. The maximum atomic E-state index is 12.1. The Morgan fingerprint density at radius 2 is 2.06 bits per heavy atom. The van der Waals surface area contributed by atoms with Gasteiger partial charge in [0, 0.05) is 0 Å². The molecule has 5 nitrogen and oxygen atoms in total. The van der Waals surface area contributed by atoms with Crippen LogP contribution in [0, 0.1) is 0 Å². The van der Waals surface area contributed by atoms with E-state index < -0.39 is 29.3 Å². The summed E-state index contributed by atoms with van der Waals surface area (Å²) in [5.41, 5.74) is 4.23. The molecule has 0 radical (unpaired) electrons. The van der Waals surface area contributed by atoms with Gasteiger partial charge in [-0.25, -0.2) is 4.79 Å². The average molecular weight is 280 g/mol. The van der Waals surface area contributed by atoms with Gasteiger partial charge in [-0.15, -0.1) is 13.2 Å². The van der Waals surface area contributed by atoms with E-state index in [0.29, 0.717) is 0 Å². The number of carboxylic acids is 1. The average Bonchev–Trinajstić information content (AvgIpc) is 2.17. The van der Waals surface area contributed by atoms with Crippen molar-refractivity contribution in [3.05, 3.63) is 23.8 Å². The lowest BCUT2D eigenvalue weighted by atomic mass is 10.1. The summed E-state index contributed by atoms with van der Waals surface area (Å²) in [7, 11) is 0. The second kappa shape index (κ2) is 5.08. The fourth-order valence-electron chi connectivity index (χ4n) is 1.17. The largest absolute Gasteiger partial charge is 0.573 e. The van der Waals surface area contributed by atoms with Crippen molar-refractivity contribution in [2.45, 2.75) is 6.36 Å². The number of benzene rings is 1. The summed E-state index contributed by atoms with van der Waals surface area (Å²) >= 11 is 4.46. The van der Waals surface area contributed by atoms with Crippen molar-refractivity contribution in [1.29, 1.82) is 0 Å². The SMILES string of the molecule is NC(=S)Nc1c(OC(F)(F)F)cccc1C(=O)O. The van der Waals surface area contributed by atoms with E-state index in [0.717, 1.165) is 18.2 Å². The van der Waals surface area contributed by atoms with Gasteiger partial charge in [-0.3, -0.25) is 0 Å². The number of rotatable bonds is 3. The van der Waals surface area contributed by atoms with Crippen molar-refractivity contribution < 1.29 is 27.8 Å². The number of thiocarbonyl (C=S) groups is 1. The topological polar surface area (TPSA) is 84.6 Å². The quantitative estimate of drug-likeness (QED) is 0.734. The molecule has 4 N–H and O–H groups in total. The van der Waals surface area contributed by atoms with Crippen LogP contribution in [0.3, 0.4) is 0 Å². The molecule has 0 bridgehead atoms. The summed E-state index contributed by atoms with van der Waals surface area (Å²) in [4.78, 5) is 10.9. The molecule has 0 saturated heterocycles. The number of nitrogens with one attached hydrogen (secondary N) is 1. The van der Waals surface area contributed by atoms with Crippen LogP contribution in [-0.2, 0) is 0 Å². The molecule has 0 unspecified atom stereocenters. The van der Waals surface area contributed by atoms with Crippen LogP contribution in [-0.4, -0.2) is 22.6 Å². The van der Waals surface area contributed by atoms with Crippen LogP contribution < -0.4 is 15.8 Å². The molecule has 0 saturated carbocycles. The Morgan fingerprint density at radius 1 is 1.44 bits per heavy atom. The van der Waals surface area contributed by atoms with Crippen LogP contribution in [0.5, 0.6) is 5.75 Å². The Hall–Kier alpha value is -2.03. The number of nitrogens with two attached hydrogens (primary N) is 1. The minimum atomic E-state index is -4.95. The summed E-state index contributed by atoms with van der Waals surface area (Å²) in [5.74, 6) is -2.17. The van der Waals surface area contributed by atoms with E-state index in [1.165, 1.54) is 0 Å². The summed E-state index contributed by atoms with van der Waals surface area (Å²) in [6, 6.07) is 3.14. The van der Waals surface area contributed by atoms with Crippen molar-refractivity contribution >= 4 is 29.0 Å². The van der Waals surface area contributed by atoms with E-state index in [2.05, 4.69) is 22.3 Å². The van der Waals surface area contributed by atoms with Crippen LogP contribution in [0.2, 0.25) is 0 Å². The van der Waals surface area contributed by atoms with Crippen LogP contribution in [0.4, 0.5) is 18.9 Å². The monoisotopic (exact) mass is 280 g/mol. The summed E-state index contributed by atoms with van der Waals surface area (Å²) in [6.45, 7) is 0. The van der Waals surface area contributed by atoms with E-state index in [1.54, 1.807) is 0 Å². The predicted octanol–water partition coefficient (Wildman–Crippen LogP) is 1.94. The standard InChI is InChI=1S/C9H7F3N2O3S/c10-9(11,12)17-5-3-1-2-4(7(15)16)6(5)14-8(13)18/h1-3H,(H,15,16)(H3,13,14,18). The summed E-state index contributed by atoms with van der Waals surface area (Å²) in [6.07, 6.45) is -4.95. The van der Waals surface area contributed by atoms with E-state index in [4.69, 9.17) is 10.8 Å². The molecule has 18 heavy (non-hydrogen) atoms. The number of carbonyl (C=O) groups is 1.